The summed E-state index contributed by atoms with van der Waals surface area (Å²) in [6.07, 6.45) is 5.62. The van der Waals surface area contributed by atoms with Gasteiger partial charge in [-0.3, -0.25) is 9.78 Å². The molecule has 1 amide bonds. The van der Waals surface area contributed by atoms with Gasteiger partial charge in [0.15, 0.2) is 11.5 Å². The molecule has 24 heavy (non-hydrogen) atoms. The summed E-state index contributed by atoms with van der Waals surface area (Å²) in [5.74, 6) is 0.554. The molecule has 0 spiro atoms. The summed E-state index contributed by atoms with van der Waals surface area (Å²) in [5, 5.41) is 5.98. The predicted octanol–water partition coefficient (Wildman–Crippen LogP) is 4.16. The number of carbonyl (C=O) groups excluding carboxylic acids is 1. The van der Waals surface area contributed by atoms with Crippen molar-refractivity contribution in [2.24, 2.45) is 0 Å². The van der Waals surface area contributed by atoms with E-state index in [0.29, 0.717) is 11.5 Å². The van der Waals surface area contributed by atoms with Gasteiger partial charge in [0, 0.05) is 24.5 Å². The highest BCUT2D eigenvalue weighted by Gasteiger charge is 2.38. The fraction of sp³-hybridized carbons (Fsp3) is 0.278. The fourth-order valence-corrected chi connectivity index (χ4v) is 3.51. The topological polar surface area (TPSA) is 59.2 Å². The van der Waals surface area contributed by atoms with E-state index < -0.39 is 0 Å². The average Bonchev–Trinajstić information content (AvgIpc) is 3.11. The lowest BCUT2D eigenvalue weighted by atomic mass is 10.1. The molecule has 1 unspecified atom stereocenters. The number of thiophene rings is 1. The fourth-order valence-electron chi connectivity index (χ4n) is 2.84. The van der Waals surface area contributed by atoms with Crippen LogP contribution < -0.4 is 0 Å². The molecule has 6 heteroatoms. The summed E-state index contributed by atoms with van der Waals surface area (Å²) in [4.78, 5) is 20.1. The van der Waals surface area contributed by atoms with Crippen LogP contribution in [0.5, 0.6) is 0 Å². The molecule has 1 aliphatic rings. The number of aromatic nitrogens is 2. The Hall–Kier alpha value is -2.47. The molecule has 0 N–H and O–H groups in total. The number of rotatable bonds is 5. The van der Waals surface area contributed by atoms with Gasteiger partial charge < -0.3 is 9.42 Å². The molecule has 3 heterocycles. The van der Waals surface area contributed by atoms with Gasteiger partial charge in [0.25, 0.3) is 5.91 Å². The van der Waals surface area contributed by atoms with Crippen LogP contribution >= 0.6 is 11.3 Å². The van der Waals surface area contributed by atoms with Crippen molar-refractivity contribution in [3.05, 3.63) is 59.4 Å². The van der Waals surface area contributed by atoms with Crippen LogP contribution in [0.1, 0.15) is 41.9 Å². The average molecular weight is 339 g/mol. The van der Waals surface area contributed by atoms with Crippen molar-refractivity contribution in [1.29, 1.82) is 0 Å². The number of hydrogen-bond acceptors (Lipinski definition) is 5. The smallest absolute Gasteiger partial charge is 0.276 e. The van der Waals surface area contributed by atoms with E-state index in [-0.39, 0.29) is 18.0 Å². The summed E-state index contributed by atoms with van der Waals surface area (Å²) in [5.41, 5.74) is 1.39. The maximum Gasteiger partial charge on any atom is 0.276 e. The minimum absolute atomic E-state index is 0.0411. The van der Waals surface area contributed by atoms with Crippen LogP contribution in [0.25, 0.3) is 10.6 Å². The quantitative estimate of drug-likeness (QED) is 0.700. The van der Waals surface area contributed by atoms with Gasteiger partial charge in [-0.15, -0.1) is 11.3 Å². The van der Waals surface area contributed by atoms with Crippen LogP contribution in [0.4, 0.5) is 0 Å². The maximum absolute atomic E-state index is 13.0. The van der Waals surface area contributed by atoms with Crippen LogP contribution in [-0.4, -0.2) is 27.0 Å². The molecular weight excluding hydrogens is 322 g/mol. The van der Waals surface area contributed by atoms with Crippen molar-refractivity contribution in [3.63, 3.8) is 0 Å². The van der Waals surface area contributed by atoms with Crippen molar-refractivity contribution < 1.29 is 9.32 Å². The molecule has 1 atom stereocenters. The van der Waals surface area contributed by atoms with E-state index in [4.69, 9.17) is 4.52 Å². The molecule has 3 aromatic heterocycles. The standard InChI is InChI=1S/C18H17N3O2S/c1-12(13-4-2-8-19-11-13)21(14-6-7-14)18(22)15-10-16(23-20-15)17-5-3-9-24-17/h2-5,8-12,14H,6-7H2,1H3. The molecule has 0 aromatic carbocycles. The third kappa shape index (κ3) is 2.85. The first-order valence-electron chi connectivity index (χ1n) is 7.97. The SMILES string of the molecule is CC(c1cccnc1)N(C(=O)c1cc(-c2cccs2)on1)C1CC1. The lowest BCUT2D eigenvalue weighted by Crippen LogP contribution is -2.35. The van der Waals surface area contributed by atoms with Crippen LogP contribution in [0.2, 0.25) is 0 Å². The normalized spacial score (nSPS) is 15.2. The van der Waals surface area contributed by atoms with Crippen LogP contribution in [-0.2, 0) is 0 Å². The Labute approximate surface area is 143 Å². The second-order valence-electron chi connectivity index (χ2n) is 5.96. The number of hydrogen-bond donors (Lipinski definition) is 0. The minimum Gasteiger partial charge on any atom is -0.355 e. The molecule has 0 radical (unpaired) electrons. The molecule has 4 rings (SSSR count). The first-order valence-corrected chi connectivity index (χ1v) is 8.85. The minimum atomic E-state index is -0.0830. The first kappa shape index (κ1) is 15.1. The second-order valence-corrected chi connectivity index (χ2v) is 6.91. The van der Waals surface area contributed by atoms with Crippen LogP contribution in [0.15, 0.2) is 52.6 Å². The lowest BCUT2D eigenvalue weighted by molar-refractivity contribution is 0.0663. The first-order chi connectivity index (χ1) is 11.7. The van der Waals surface area contributed by atoms with Crippen LogP contribution in [0.3, 0.4) is 0 Å². The lowest BCUT2D eigenvalue weighted by Gasteiger charge is -2.28. The highest BCUT2D eigenvalue weighted by atomic mass is 32.1. The molecule has 1 fully saturated rings. The van der Waals surface area contributed by atoms with E-state index in [1.807, 2.05) is 47.7 Å². The number of amides is 1. The molecule has 0 bridgehead atoms. The predicted molar refractivity (Wildman–Crippen MR) is 91.7 cm³/mol. The number of pyridine rings is 1. The Morgan fingerprint density at radius 3 is 2.92 bits per heavy atom. The Morgan fingerprint density at radius 1 is 1.38 bits per heavy atom. The second kappa shape index (κ2) is 6.20. The number of nitrogens with zero attached hydrogens (tertiary/aromatic N) is 3. The zero-order valence-corrected chi connectivity index (χ0v) is 14.1. The zero-order valence-electron chi connectivity index (χ0n) is 13.3. The molecule has 0 aliphatic heterocycles. The summed E-state index contributed by atoms with van der Waals surface area (Å²) >= 11 is 1.56. The molecule has 122 valence electrons. The Bertz CT molecular complexity index is 825. The van der Waals surface area contributed by atoms with E-state index in [1.165, 1.54) is 0 Å². The zero-order chi connectivity index (χ0) is 16.5. The van der Waals surface area contributed by atoms with Gasteiger partial charge in [-0.25, -0.2) is 0 Å². The van der Waals surface area contributed by atoms with Gasteiger partial charge in [-0.1, -0.05) is 17.3 Å². The van der Waals surface area contributed by atoms with Crippen molar-refractivity contribution in [2.45, 2.75) is 31.8 Å². The highest BCUT2D eigenvalue weighted by molar-refractivity contribution is 7.13. The third-order valence-electron chi connectivity index (χ3n) is 4.25. The summed E-state index contributed by atoms with van der Waals surface area (Å²) < 4.78 is 5.37. The Balaban J connectivity index is 1.61. The summed E-state index contributed by atoms with van der Waals surface area (Å²) in [6, 6.07) is 9.77. The van der Waals surface area contributed by atoms with Gasteiger partial charge in [-0.2, -0.15) is 0 Å². The van der Waals surface area contributed by atoms with E-state index in [0.717, 1.165) is 23.3 Å². The highest BCUT2D eigenvalue weighted by Crippen LogP contribution is 2.36. The van der Waals surface area contributed by atoms with E-state index in [2.05, 4.69) is 10.1 Å². The van der Waals surface area contributed by atoms with Crippen molar-refractivity contribution in [2.75, 3.05) is 0 Å². The number of carbonyl (C=O) groups is 1. The molecule has 1 saturated carbocycles. The molecular formula is C18H17N3O2S. The van der Waals surface area contributed by atoms with Gasteiger partial charge in [0.1, 0.15) is 0 Å². The monoisotopic (exact) mass is 339 g/mol. The van der Waals surface area contributed by atoms with E-state index >= 15 is 0 Å². The van der Waals surface area contributed by atoms with Gasteiger partial charge in [-0.05, 0) is 42.8 Å². The van der Waals surface area contributed by atoms with Gasteiger partial charge in [0.2, 0.25) is 0 Å². The maximum atomic E-state index is 13.0. The molecule has 3 aromatic rings. The van der Waals surface area contributed by atoms with E-state index in [9.17, 15) is 4.79 Å². The van der Waals surface area contributed by atoms with Crippen molar-refractivity contribution >= 4 is 17.2 Å². The molecule has 1 aliphatic carbocycles. The van der Waals surface area contributed by atoms with E-state index in [1.54, 1.807) is 23.6 Å². The Morgan fingerprint density at radius 2 is 2.25 bits per heavy atom. The summed E-state index contributed by atoms with van der Waals surface area (Å²) in [7, 11) is 0. The molecule has 0 saturated heterocycles. The van der Waals surface area contributed by atoms with Crippen molar-refractivity contribution in [1.82, 2.24) is 15.0 Å². The van der Waals surface area contributed by atoms with Gasteiger partial charge >= 0.3 is 0 Å². The van der Waals surface area contributed by atoms with Gasteiger partial charge in [0.05, 0.1) is 10.9 Å². The third-order valence-corrected chi connectivity index (χ3v) is 5.14. The summed E-state index contributed by atoms with van der Waals surface area (Å²) in [6.45, 7) is 2.04. The Kier molecular flexibility index (Phi) is 3.90. The van der Waals surface area contributed by atoms with Crippen molar-refractivity contribution in [3.8, 4) is 10.6 Å². The largest absolute Gasteiger partial charge is 0.355 e. The van der Waals surface area contributed by atoms with Crippen LogP contribution in [0, 0.1) is 0 Å². The molecule has 5 nitrogen and oxygen atoms in total.